The Morgan fingerprint density at radius 1 is 1.16 bits per heavy atom. The minimum Gasteiger partial charge on any atom is -0.495 e. The van der Waals surface area contributed by atoms with Gasteiger partial charge in [-0.25, -0.2) is 8.42 Å². The topological polar surface area (TPSA) is 79.0 Å². The molecule has 3 rings (SSSR count). The molecule has 32 heavy (non-hydrogen) atoms. The number of amides is 1. The first-order chi connectivity index (χ1) is 15.2. The summed E-state index contributed by atoms with van der Waals surface area (Å²) in [6.45, 7) is 3.98. The number of benzene rings is 2. The number of halogens is 1. The van der Waals surface area contributed by atoms with Crippen LogP contribution in [0, 0.1) is 0 Å². The van der Waals surface area contributed by atoms with Crippen LogP contribution in [-0.4, -0.2) is 46.8 Å². The third-order valence-corrected chi connectivity index (χ3v) is 7.05. The second-order valence-corrected chi connectivity index (χ2v) is 10.3. The molecule has 0 bridgehead atoms. The van der Waals surface area contributed by atoms with Gasteiger partial charge in [-0.15, -0.1) is 0 Å². The van der Waals surface area contributed by atoms with E-state index in [-0.39, 0.29) is 5.69 Å². The molecule has 1 saturated heterocycles. The molecule has 0 aromatic heterocycles. The van der Waals surface area contributed by atoms with E-state index in [4.69, 9.17) is 16.3 Å². The number of sulfonamides is 1. The van der Waals surface area contributed by atoms with E-state index in [1.807, 2.05) is 12.1 Å². The fraction of sp³-hybridized carbons (Fsp3) is 0.435. The third-order valence-electron chi connectivity index (χ3n) is 5.59. The molecule has 1 aliphatic rings. The average Bonchev–Trinajstić information content (AvgIpc) is 2.77. The summed E-state index contributed by atoms with van der Waals surface area (Å²) in [5.74, 6) is -0.106. The summed E-state index contributed by atoms with van der Waals surface area (Å²) in [7, 11) is -2.35. The number of hydrogen-bond donors (Lipinski definition) is 1. The van der Waals surface area contributed by atoms with Gasteiger partial charge in [-0.1, -0.05) is 23.7 Å². The maximum atomic E-state index is 12.9. The number of hydrogen-bond acceptors (Lipinski definition) is 5. The predicted molar refractivity (Wildman–Crippen MR) is 129 cm³/mol. The highest BCUT2D eigenvalue weighted by Gasteiger charge is 2.31. The highest BCUT2D eigenvalue weighted by Crippen LogP contribution is 2.34. The maximum Gasteiger partial charge on any atom is 0.243 e. The Hall–Kier alpha value is -2.45. The van der Waals surface area contributed by atoms with Crippen LogP contribution in [0.5, 0.6) is 5.75 Å². The molecule has 7 nitrogen and oxygen atoms in total. The van der Waals surface area contributed by atoms with E-state index < -0.39 is 22.0 Å². The molecule has 1 heterocycles. The molecule has 1 unspecified atom stereocenters. The van der Waals surface area contributed by atoms with Gasteiger partial charge >= 0.3 is 0 Å². The lowest BCUT2D eigenvalue weighted by Gasteiger charge is -2.29. The first-order valence-corrected chi connectivity index (χ1v) is 12.9. The summed E-state index contributed by atoms with van der Waals surface area (Å²) in [4.78, 5) is 15.2. The maximum absolute atomic E-state index is 12.9. The van der Waals surface area contributed by atoms with Crippen molar-refractivity contribution in [2.75, 3.05) is 35.7 Å². The van der Waals surface area contributed by atoms with Gasteiger partial charge in [-0.05, 0) is 62.1 Å². The molecule has 0 spiro atoms. The fourth-order valence-corrected chi connectivity index (χ4v) is 5.27. The average molecular weight is 480 g/mol. The largest absolute Gasteiger partial charge is 0.495 e. The van der Waals surface area contributed by atoms with E-state index in [2.05, 4.69) is 22.3 Å². The second kappa shape index (κ2) is 10.4. The molecule has 2 aromatic rings. The number of ether oxygens (including phenoxy) is 1. The van der Waals surface area contributed by atoms with Crippen molar-refractivity contribution in [1.82, 2.24) is 5.32 Å². The van der Waals surface area contributed by atoms with Crippen molar-refractivity contribution in [1.29, 1.82) is 0 Å². The fourth-order valence-electron chi connectivity index (χ4n) is 3.93. The predicted octanol–water partition coefficient (Wildman–Crippen LogP) is 3.81. The second-order valence-electron chi connectivity index (χ2n) is 7.98. The Bertz CT molecular complexity index is 1040. The number of nitrogens with one attached hydrogen (secondary N) is 1. The van der Waals surface area contributed by atoms with Crippen molar-refractivity contribution in [3.63, 3.8) is 0 Å². The van der Waals surface area contributed by atoms with Crippen LogP contribution < -0.4 is 19.3 Å². The lowest BCUT2D eigenvalue weighted by Crippen LogP contribution is -2.47. The lowest BCUT2D eigenvalue weighted by molar-refractivity contribution is -0.122. The van der Waals surface area contributed by atoms with Crippen LogP contribution in [0.3, 0.4) is 0 Å². The van der Waals surface area contributed by atoms with Crippen molar-refractivity contribution in [2.45, 2.75) is 38.8 Å². The van der Waals surface area contributed by atoms with Gasteiger partial charge in [0.1, 0.15) is 11.8 Å². The zero-order chi connectivity index (χ0) is 23.3. The van der Waals surface area contributed by atoms with Gasteiger partial charge in [-0.3, -0.25) is 9.10 Å². The van der Waals surface area contributed by atoms with Crippen molar-refractivity contribution < 1.29 is 17.9 Å². The number of nitrogens with zero attached hydrogens (tertiary/aromatic N) is 2. The van der Waals surface area contributed by atoms with Gasteiger partial charge in [0.25, 0.3) is 0 Å². The molecule has 2 aromatic carbocycles. The molecule has 9 heteroatoms. The molecule has 0 aliphatic carbocycles. The molecular weight excluding hydrogens is 450 g/mol. The number of anilines is 2. The van der Waals surface area contributed by atoms with Crippen LogP contribution in [0.15, 0.2) is 42.5 Å². The Morgan fingerprint density at radius 2 is 1.81 bits per heavy atom. The van der Waals surface area contributed by atoms with Crippen LogP contribution in [0.4, 0.5) is 11.4 Å². The smallest absolute Gasteiger partial charge is 0.243 e. The van der Waals surface area contributed by atoms with Crippen molar-refractivity contribution >= 4 is 38.9 Å². The van der Waals surface area contributed by atoms with E-state index >= 15 is 0 Å². The first-order valence-electron chi connectivity index (χ1n) is 10.7. The molecule has 1 fully saturated rings. The van der Waals surface area contributed by atoms with Crippen molar-refractivity contribution in [3.8, 4) is 5.75 Å². The summed E-state index contributed by atoms with van der Waals surface area (Å²) in [6, 6.07) is 11.8. The van der Waals surface area contributed by atoms with E-state index in [0.717, 1.165) is 29.2 Å². The van der Waals surface area contributed by atoms with Crippen molar-refractivity contribution in [2.24, 2.45) is 0 Å². The van der Waals surface area contributed by atoms with Gasteiger partial charge in [-0.2, -0.15) is 0 Å². The van der Waals surface area contributed by atoms with E-state index in [1.165, 1.54) is 45.0 Å². The third kappa shape index (κ3) is 5.86. The first kappa shape index (κ1) is 24.2. The van der Waals surface area contributed by atoms with Gasteiger partial charge < -0.3 is 15.0 Å². The Morgan fingerprint density at radius 3 is 2.41 bits per heavy atom. The van der Waals surface area contributed by atoms with Crippen LogP contribution in [0.2, 0.25) is 5.02 Å². The van der Waals surface area contributed by atoms with Gasteiger partial charge in [0.15, 0.2) is 0 Å². The molecule has 1 atom stereocenters. The standard InChI is InChI=1S/C23H30ClN3O4S/c1-17(27(32(3,29)30)21-15-19(24)9-12-22(21)31-2)23(28)25-16-18-7-10-20(11-8-18)26-13-5-4-6-14-26/h7-12,15,17H,4-6,13-14,16H2,1-3H3,(H,25,28). The van der Waals surface area contributed by atoms with E-state index in [1.54, 1.807) is 12.1 Å². The van der Waals surface area contributed by atoms with Gasteiger partial charge in [0.05, 0.1) is 19.1 Å². The molecule has 174 valence electrons. The molecule has 1 aliphatic heterocycles. The van der Waals surface area contributed by atoms with Crippen molar-refractivity contribution in [3.05, 3.63) is 53.1 Å². The van der Waals surface area contributed by atoms with Gasteiger partial charge in [0.2, 0.25) is 15.9 Å². The number of methoxy groups -OCH3 is 1. The summed E-state index contributed by atoms with van der Waals surface area (Å²) in [5.41, 5.74) is 2.35. The highest BCUT2D eigenvalue weighted by molar-refractivity contribution is 7.92. The van der Waals surface area contributed by atoms with Crippen LogP contribution in [-0.2, 0) is 21.4 Å². The number of rotatable bonds is 8. The quantitative estimate of drug-likeness (QED) is 0.622. The molecule has 1 amide bonds. The van der Waals surface area contributed by atoms with Crippen LogP contribution in [0.1, 0.15) is 31.7 Å². The summed E-state index contributed by atoms with van der Waals surface area (Å²) >= 11 is 6.08. The highest BCUT2D eigenvalue weighted by atomic mass is 35.5. The summed E-state index contributed by atoms with van der Waals surface area (Å²) in [5, 5.41) is 3.18. The number of carbonyl (C=O) groups excluding carboxylic acids is 1. The van der Waals surface area contributed by atoms with Crippen LogP contribution in [0.25, 0.3) is 0 Å². The summed E-state index contributed by atoms with van der Waals surface area (Å²) < 4.78 is 31.5. The zero-order valence-corrected chi connectivity index (χ0v) is 20.2. The van der Waals surface area contributed by atoms with Crippen LogP contribution >= 0.6 is 11.6 Å². The SMILES string of the molecule is COc1ccc(Cl)cc1N(C(C)C(=O)NCc1ccc(N2CCCCC2)cc1)S(C)(=O)=O. The molecular formula is C23H30ClN3O4S. The lowest BCUT2D eigenvalue weighted by atomic mass is 10.1. The zero-order valence-electron chi connectivity index (χ0n) is 18.7. The van der Waals surface area contributed by atoms with Gasteiger partial charge in [0, 0.05) is 30.3 Å². The Labute approximate surface area is 195 Å². The molecule has 0 saturated carbocycles. The normalized spacial score (nSPS) is 15.2. The summed E-state index contributed by atoms with van der Waals surface area (Å²) in [6.07, 6.45) is 4.76. The molecule has 0 radical (unpaired) electrons. The van der Waals surface area contributed by atoms with E-state index in [0.29, 0.717) is 17.3 Å². The Kier molecular flexibility index (Phi) is 7.90. The number of carbonyl (C=O) groups is 1. The number of piperidine rings is 1. The molecule has 1 N–H and O–H groups in total. The minimum atomic E-state index is -3.78. The Balaban J connectivity index is 1.71. The van der Waals surface area contributed by atoms with E-state index in [9.17, 15) is 13.2 Å². The monoisotopic (exact) mass is 479 g/mol. The minimum absolute atomic E-state index is 0.219.